The highest BCUT2D eigenvalue weighted by Gasteiger charge is 2.16. The summed E-state index contributed by atoms with van der Waals surface area (Å²) in [6.45, 7) is 1.87. The monoisotopic (exact) mass is 435 g/mol. The van der Waals surface area contributed by atoms with E-state index in [4.69, 9.17) is 13.9 Å². The number of nitrogens with one attached hydrogen (secondary N) is 2. The van der Waals surface area contributed by atoms with Gasteiger partial charge in [-0.3, -0.25) is 9.59 Å². The molecule has 2 N–H and O–H groups in total. The van der Waals surface area contributed by atoms with E-state index in [1.54, 1.807) is 25.1 Å². The second-order valence-electron chi connectivity index (χ2n) is 6.54. The Morgan fingerprint density at radius 1 is 0.969 bits per heavy atom. The molecule has 1 heterocycles. The number of hydrogen-bond donors (Lipinski definition) is 2. The van der Waals surface area contributed by atoms with Crippen LogP contribution < -0.4 is 20.2 Å². The van der Waals surface area contributed by atoms with Crippen LogP contribution in [0.15, 0.2) is 76.4 Å². The summed E-state index contributed by atoms with van der Waals surface area (Å²) in [5.41, 5.74) is 4.09. The Morgan fingerprint density at radius 3 is 2.44 bits per heavy atom. The molecule has 2 amide bonds. The predicted octanol–water partition coefficient (Wildman–Crippen LogP) is 2.66. The molecule has 0 radical (unpaired) electrons. The van der Waals surface area contributed by atoms with Gasteiger partial charge in [0.15, 0.2) is 11.5 Å². The van der Waals surface area contributed by atoms with E-state index < -0.39 is 17.8 Å². The molecule has 3 aromatic rings. The highest BCUT2D eigenvalue weighted by molar-refractivity contribution is 6.35. The Bertz CT molecular complexity index is 1120. The molecule has 0 bridgehead atoms. The summed E-state index contributed by atoms with van der Waals surface area (Å²) < 4.78 is 15.6. The molecule has 1 aromatic heterocycles. The van der Waals surface area contributed by atoms with Crippen molar-refractivity contribution in [1.82, 2.24) is 10.7 Å². The number of furan rings is 1. The molecule has 9 heteroatoms. The van der Waals surface area contributed by atoms with E-state index in [0.29, 0.717) is 11.3 Å². The highest BCUT2D eigenvalue weighted by atomic mass is 16.6. The maximum absolute atomic E-state index is 12.1. The molecule has 0 aliphatic rings. The molecule has 0 unspecified atom stereocenters. The molecule has 32 heavy (non-hydrogen) atoms. The molecule has 0 atom stereocenters. The minimum absolute atomic E-state index is 0.0575. The van der Waals surface area contributed by atoms with E-state index in [9.17, 15) is 14.4 Å². The van der Waals surface area contributed by atoms with Crippen LogP contribution in [0, 0.1) is 0 Å². The summed E-state index contributed by atoms with van der Waals surface area (Å²) in [6, 6.07) is 17.0. The fourth-order valence-electron chi connectivity index (χ4n) is 2.63. The Labute approximate surface area is 184 Å². The molecule has 164 valence electrons. The smallest absolute Gasteiger partial charge is 0.379 e. The van der Waals surface area contributed by atoms with Gasteiger partial charge < -0.3 is 19.2 Å². The van der Waals surface area contributed by atoms with Gasteiger partial charge >= 0.3 is 17.8 Å². The van der Waals surface area contributed by atoms with Crippen molar-refractivity contribution in [2.45, 2.75) is 13.5 Å². The number of rotatable bonds is 7. The molecule has 0 aliphatic carbocycles. The van der Waals surface area contributed by atoms with Gasteiger partial charge in [-0.15, -0.1) is 0 Å². The lowest BCUT2D eigenvalue weighted by atomic mass is 10.1. The number of ether oxygens (including phenoxy) is 2. The van der Waals surface area contributed by atoms with E-state index in [0.717, 1.165) is 5.56 Å². The van der Waals surface area contributed by atoms with Crippen LogP contribution in [-0.4, -0.2) is 30.6 Å². The van der Waals surface area contributed by atoms with Crippen molar-refractivity contribution in [3.05, 3.63) is 83.8 Å². The third-order valence-corrected chi connectivity index (χ3v) is 4.33. The average molecular weight is 435 g/mol. The summed E-state index contributed by atoms with van der Waals surface area (Å²) in [5, 5.41) is 6.48. The summed E-state index contributed by atoms with van der Waals surface area (Å²) >= 11 is 0. The van der Waals surface area contributed by atoms with E-state index in [2.05, 4.69) is 15.8 Å². The summed E-state index contributed by atoms with van der Waals surface area (Å²) in [7, 11) is 1.43. The first-order valence-corrected chi connectivity index (χ1v) is 9.58. The zero-order valence-corrected chi connectivity index (χ0v) is 17.5. The molecular formula is C23H21N3O6. The van der Waals surface area contributed by atoms with Gasteiger partial charge in [-0.25, -0.2) is 10.2 Å². The fourth-order valence-corrected chi connectivity index (χ4v) is 2.63. The first-order valence-electron chi connectivity index (χ1n) is 9.58. The molecular weight excluding hydrogens is 414 g/mol. The van der Waals surface area contributed by atoms with E-state index >= 15 is 0 Å². The summed E-state index contributed by atoms with van der Waals surface area (Å²) in [4.78, 5) is 36.0. The molecule has 9 nitrogen and oxygen atoms in total. The summed E-state index contributed by atoms with van der Waals surface area (Å²) in [6.07, 6.45) is 1.37. The molecule has 0 saturated carbocycles. The van der Waals surface area contributed by atoms with Gasteiger partial charge in [-0.05, 0) is 42.8 Å². The van der Waals surface area contributed by atoms with Gasteiger partial charge in [0.1, 0.15) is 0 Å². The van der Waals surface area contributed by atoms with Crippen molar-refractivity contribution in [3.8, 4) is 11.5 Å². The van der Waals surface area contributed by atoms with E-state index in [1.807, 2.05) is 30.3 Å². The fraction of sp³-hybridized carbons (Fsp3) is 0.130. The number of nitrogens with zero attached hydrogens (tertiary/aromatic N) is 1. The highest BCUT2D eigenvalue weighted by Crippen LogP contribution is 2.29. The van der Waals surface area contributed by atoms with Crippen molar-refractivity contribution >= 4 is 23.5 Å². The number of amides is 2. The lowest BCUT2D eigenvalue weighted by Gasteiger charge is -2.10. The van der Waals surface area contributed by atoms with Crippen molar-refractivity contribution in [3.63, 3.8) is 0 Å². The lowest BCUT2D eigenvalue weighted by molar-refractivity contribution is -0.139. The van der Waals surface area contributed by atoms with Crippen molar-refractivity contribution in [2.24, 2.45) is 5.10 Å². The number of methoxy groups -OCH3 is 1. The topological polar surface area (TPSA) is 119 Å². The van der Waals surface area contributed by atoms with Crippen LogP contribution in [0.1, 0.15) is 28.6 Å². The zero-order valence-electron chi connectivity index (χ0n) is 17.5. The van der Waals surface area contributed by atoms with Gasteiger partial charge in [0.2, 0.25) is 5.76 Å². The molecule has 2 aromatic carbocycles. The summed E-state index contributed by atoms with van der Waals surface area (Å²) in [5.74, 6) is -1.83. The van der Waals surface area contributed by atoms with Crippen LogP contribution >= 0.6 is 0 Å². The Morgan fingerprint density at radius 2 is 1.75 bits per heavy atom. The number of hydrazone groups is 1. The minimum Gasteiger partial charge on any atom is -0.493 e. The van der Waals surface area contributed by atoms with Crippen LogP contribution in [0.5, 0.6) is 11.5 Å². The van der Waals surface area contributed by atoms with Crippen molar-refractivity contribution < 1.29 is 28.3 Å². The van der Waals surface area contributed by atoms with Gasteiger partial charge in [0.05, 0.1) is 19.1 Å². The Balaban J connectivity index is 1.60. The number of esters is 1. The molecule has 0 aliphatic heterocycles. The maximum Gasteiger partial charge on any atom is 0.379 e. The predicted molar refractivity (Wildman–Crippen MR) is 115 cm³/mol. The normalized spacial score (nSPS) is 10.9. The number of benzene rings is 2. The van der Waals surface area contributed by atoms with Gasteiger partial charge in [0.25, 0.3) is 0 Å². The number of carbonyl (C=O) groups is 3. The molecule has 0 saturated heterocycles. The van der Waals surface area contributed by atoms with Gasteiger partial charge in [-0.2, -0.15) is 5.10 Å². The van der Waals surface area contributed by atoms with Crippen LogP contribution in [0.2, 0.25) is 0 Å². The first kappa shape index (κ1) is 22.3. The molecule has 0 spiro atoms. The second kappa shape index (κ2) is 10.6. The van der Waals surface area contributed by atoms with Crippen LogP contribution in [0.4, 0.5) is 0 Å². The zero-order chi connectivity index (χ0) is 22.9. The van der Waals surface area contributed by atoms with E-state index in [-0.39, 0.29) is 23.8 Å². The largest absolute Gasteiger partial charge is 0.493 e. The van der Waals surface area contributed by atoms with Gasteiger partial charge in [-0.1, -0.05) is 30.3 Å². The number of carbonyl (C=O) groups excluding carboxylic acids is 3. The number of hydrogen-bond acceptors (Lipinski definition) is 7. The maximum atomic E-state index is 12.1. The van der Waals surface area contributed by atoms with Gasteiger partial charge in [0, 0.05) is 12.1 Å². The van der Waals surface area contributed by atoms with E-state index in [1.165, 1.54) is 25.5 Å². The lowest BCUT2D eigenvalue weighted by Crippen LogP contribution is -2.37. The molecule has 3 rings (SSSR count). The van der Waals surface area contributed by atoms with Crippen LogP contribution in [-0.2, 0) is 16.1 Å². The third-order valence-electron chi connectivity index (χ3n) is 4.33. The molecule has 0 fully saturated rings. The van der Waals surface area contributed by atoms with Crippen LogP contribution in [0.3, 0.4) is 0 Å². The van der Waals surface area contributed by atoms with Crippen molar-refractivity contribution in [2.75, 3.05) is 7.11 Å². The third kappa shape index (κ3) is 5.82. The van der Waals surface area contributed by atoms with Crippen LogP contribution in [0.25, 0.3) is 0 Å². The average Bonchev–Trinajstić information content (AvgIpc) is 3.37. The second-order valence-corrected chi connectivity index (χ2v) is 6.54. The Kier molecular flexibility index (Phi) is 7.37. The Hall–Kier alpha value is -4.40. The first-order chi connectivity index (χ1) is 15.5. The van der Waals surface area contributed by atoms with Crippen molar-refractivity contribution in [1.29, 1.82) is 0 Å². The standard InChI is InChI=1S/C23H21N3O6/c1-15(25-26-22(28)21(27)24-14-16-7-4-3-5-8-16)17-10-11-18(20(13-17)30-2)32-23(29)19-9-6-12-31-19/h3-13H,14H2,1-2H3,(H,24,27)(H,26,28)/b25-15+. The minimum atomic E-state index is -0.892. The SMILES string of the molecule is COc1cc(/C(C)=N/NC(=O)C(=O)NCc2ccccc2)ccc1OC(=O)c1ccco1. The quantitative estimate of drug-likeness (QED) is 0.194.